The predicted octanol–water partition coefficient (Wildman–Crippen LogP) is 3.60. The quantitative estimate of drug-likeness (QED) is 0.805. The first kappa shape index (κ1) is 18.8. The fourth-order valence-corrected chi connectivity index (χ4v) is 4.13. The molecule has 1 saturated heterocycles. The molecule has 0 radical (unpaired) electrons. The molecule has 0 aliphatic carbocycles. The molecule has 28 heavy (non-hydrogen) atoms. The first-order valence-electron chi connectivity index (χ1n) is 10.2. The summed E-state index contributed by atoms with van der Waals surface area (Å²) in [4.78, 5) is 14.4. The molecule has 0 saturated carbocycles. The molecule has 0 amide bonds. The van der Waals surface area contributed by atoms with E-state index in [9.17, 15) is 0 Å². The highest BCUT2D eigenvalue weighted by molar-refractivity contribution is 5.52. The van der Waals surface area contributed by atoms with E-state index in [4.69, 9.17) is 19.4 Å². The summed E-state index contributed by atoms with van der Waals surface area (Å²) in [5, 5.41) is 0. The zero-order chi connectivity index (χ0) is 19.7. The van der Waals surface area contributed by atoms with E-state index in [2.05, 4.69) is 41.8 Å². The van der Waals surface area contributed by atoms with E-state index < -0.39 is 0 Å². The van der Waals surface area contributed by atoms with Crippen molar-refractivity contribution in [3.63, 3.8) is 0 Å². The Labute approximate surface area is 167 Å². The van der Waals surface area contributed by atoms with E-state index in [1.54, 1.807) is 14.2 Å². The fourth-order valence-electron chi connectivity index (χ4n) is 4.13. The first-order chi connectivity index (χ1) is 13.6. The van der Waals surface area contributed by atoms with Crippen LogP contribution in [0.15, 0.2) is 18.2 Å². The Morgan fingerprint density at radius 3 is 2.25 bits per heavy atom. The van der Waals surface area contributed by atoms with Crippen molar-refractivity contribution >= 4 is 11.8 Å². The smallest absolute Gasteiger partial charge is 0.227 e. The van der Waals surface area contributed by atoms with Gasteiger partial charge in [-0.15, -0.1) is 0 Å². The van der Waals surface area contributed by atoms with Crippen molar-refractivity contribution in [3.05, 3.63) is 35.0 Å². The molecule has 0 spiro atoms. The Morgan fingerprint density at radius 1 is 0.893 bits per heavy atom. The highest BCUT2D eigenvalue weighted by Gasteiger charge is 2.23. The van der Waals surface area contributed by atoms with Gasteiger partial charge in [0.1, 0.15) is 5.82 Å². The largest absolute Gasteiger partial charge is 0.493 e. The van der Waals surface area contributed by atoms with Crippen LogP contribution in [0.4, 0.5) is 11.8 Å². The van der Waals surface area contributed by atoms with Crippen molar-refractivity contribution in [2.75, 3.05) is 43.7 Å². The third kappa shape index (κ3) is 3.73. The van der Waals surface area contributed by atoms with E-state index in [1.807, 2.05) is 0 Å². The number of aryl methyl sites for hydroxylation is 1. The molecule has 150 valence electrons. The standard InChI is InChI=1S/C22H30N4O2/c1-15-5-8-25(9-6-15)21-11-16(2)23-22(24-21)26-10-7-17-12-19(27-3)20(28-4)13-18(17)14-26/h11-13,15H,5-10,14H2,1-4H3. The summed E-state index contributed by atoms with van der Waals surface area (Å²) in [7, 11) is 3.36. The maximum Gasteiger partial charge on any atom is 0.227 e. The van der Waals surface area contributed by atoms with Crippen LogP contribution in [0.5, 0.6) is 11.5 Å². The number of methoxy groups -OCH3 is 2. The van der Waals surface area contributed by atoms with Gasteiger partial charge in [0.25, 0.3) is 0 Å². The van der Waals surface area contributed by atoms with E-state index in [0.717, 1.165) is 67.5 Å². The number of anilines is 2. The predicted molar refractivity (Wildman–Crippen MR) is 112 cm³/mol. The van der Waals surface area contributed by atoms with Gasteiger partial charge in [0, 0.05) is 37.9 Å². The fraction of sp³-hybridized carbons (Fsp3) is 0.545. The van der Waals surface area contributed by atoms with Crippen molar-refractivity contribution in [2.24, 2.45) is 5.92 Å². The van der Waals surface area contributed by atoms with E-state index in [0.29, 0.717) is 0 Å². The SMILES string of the molecule is COc1cc2c(cc1OC)CN(c1nc(C)cc(N3CCC(C)CC3)n1)CC2. The molecule has 0 bridgehead atoms. The van der Waals surface area contributed by atoms with Gasteiger partial charge < -0.3 is 19.3 Å². The third-order valence-electron chi connectivity index (χ3n) is 5.94. The molecule has 6 heteroatoms. The summed E-state index contributed by atoms with van der Waals surface area (Å²) in [5.74, 6) is 4.27. The molecule has 2 aliphatic heterocycles. The van der Waals surface area contributed by atoms with Gasteiger partial charge in [-0.25, -0.2) is 4.98 Å². The van der Waals surface area contributed by atoms with Gasteiger partial charge in [0.05, 0.1) is 14.2 Å². The van der Waals surface area contributed by atoms with Crippen LogP contribution in [0.2, 0.25) is 0 Å². The monoisotopic (exact) mass is 382 g/mol. The van der Waals surface area contributed by atoms with Crippen molar-refractivity contribution in [1.82, 2.24) is 9.97 Å². The molecule has 1 fully saturated rings. The molecule has 3 heterocycles. The third-order valence-corrected chi connectivity index (χ3v) is 5.94. The van der Waals surface area contributed by atoms with E-state index in [-0.39, 0.29) is 0 Å². The lowest BCUT2D eigenvalue weighted by Gasteiger charge is -2.33. The van der Waals surface area contributed by atoms with Crippen molar-refractivity contribution < 1.29 is 9.47 Å². The summed E-state index contributed by atoms with van der Waals surface area (Å²) < 4.78 is 10.9. The molecule has 1 aromatic carbocycles. The number of hydrogen-bond donors (Lipinski definition) is 0. The number of aromatic nitrogens is 2. The lowest BCUT2D eigenvalue weighted by Crippen LogP contribution is -2.35. The lowest BCUT2D eigenvalue weighted by molar-refractivity contribution is 0.353. The average molecular weight is 383 g/mol. The second-order valence-corrected chi connectivity index (χ2v) is 7.98. The number of piperidine rings is 1. The molecule has 4 rings (SSSR count). The summed E-state index contributed by atoms with van der Waals surface area (Å²) in [6.45, 7) is 8.25. The topological polar surface area (TPSA) is 50.7 Å². The van der Waals surface area contributed by atoms with Crippen LogP contribution in [0.1, 0.15) is 36.6 Å². The van der Waals surface area contributed by atoms with Crippen molar-refractivity contribution in [2.45, 2.75) is 39.7 Å². The lowest BCUT2D eigenvalue weighted by atomic mass is 9.99. The minimum atomic E-state index is 0.774. The summed E-state index contributed by atoms with van der Waals surface area (Å²) in [6, 6.07) is 6.30. The van der Waals surface area contributed by atoms with Crippen molar-refractivity contribution in [3.8, 4) is 11.5 Å². The van der Waals surface area contributed by atoms with Gasteiger partial charge in [-0.3, -0.25) is 0 Å². The van der Waals surface area contributed by atoms with Crippen LogP contribution < -0.4 is 19.3 Å². The minimum Gasteiger partial charge on any atom is -0.493 e. The number of rotatable bonds is 4. The zero-order valence-corrected chi connectivity index (χ0v) is 17.4. The molecular weight excluding hydrogens is 352 g/mol. The Bertz CT molecular complexity index is 847. The number of fused-ring (bicyclic) bond motifs is 1. The van der Waals surface area contributed by atoms with Gasteiger partial charge in [0.15, 0.2) is 11.5 Å². The highest BCUT2D eigenvalue weighted by Crippen LogP contribution is 2.34. The number of ether oxygens (including phenoxy) is 2. The van der Waals surface area contributed by atoms with Gasteiger partial charge >= 0.3 is 0 Å². The summed E-state index contributed by atoms with van der Waals surface area (Å²) in [6.07, 6.45) is 3.41. The number of benzene rings is 1. The normalized spacial score (nSPS) is 17.4. The van der Waals surface area contributed by atoms with Crippen LogP contribution in [0, 0.1) is 12.8 Å². The maximum atomic E-state index is 5.49. The Morgan fingerprint density at radius 2 is 1.57 bits per heavy atom. The Hall–Kier alpha value is -2.50. The second-order valence-electron chi connectivity index (χ2n) is 7.98. The molecule has 1 aromatic heterocycles. The molecule has 0 atom stereocenters. The van der Waals surface area contributed by atoms with Gasteiger partial charge in [-0.05, 0) is 55.4 Å². The molecular formula is C22H30N4O2. The van der Waals surface area contributed by atoms with Crippen LogP contribution in [0.3, 0.4) is 0 Å². The summed E-state index contributed by atoms with van der Waals surface area (Å²) >= 11 is 0. The average Bonchev–Trinajstić information content (AvgIpc) is 2.72. The molecule has 2 aromatic rings. The Kier molecular flexibility index (Phi) is 5.29. The van der Waals surface area contributed by atoms with Gasteiger partial charge in [0.2, 0.25) is 5.95 Å². The van der Waals surface area contributed by atoms with Crippen LogP contribution in [-0.2, 0) is 13.0 Å². The maximum absolute atomic E-state index is 5.49. The van der Waals surface area contributed by atoms with E-state index >= 15 is 0 Å². The number of hydrogen-bond acceptors (Lipinski definition) is 6. The molecule has 0 unspecified atom stereocenters. The summed E-state index contributed by atoms with van der Waals surface area (Å²) in [5.41, 5.74) is 3.59. The zero-order valence-electron chi connectivity index (χ0n) is 17.4. The minimum absolute atomic E-state index is 0.774. The first-order valence-corrected chi connectivity index (χ1v) is 10.2. The van der Waals surface area contributed by atoms with Gasteiger partial charge in [-0.2, -0.15) is 4.98 Å². The van der Waals surface area contributed by atoms with Gasteiger partial charge in [-0.1, -0.05) is 6.92 Å². The highest BCUT2D eigenvalue weighted by atomic mass is 16.5. The van der Waals surface area contributed by atoms with Crippen LogP contribution in [0.25, 0.3) is 0 Å². The molecule has 0 N–H and O–H groups in total. The molecule has 6 nitrogen and oxygen atoms in total. The molecule has 2 aliphatic rings. The van der Waals surface area contributed by atoms with E-state index in [1.165, 1.54) is 24.0 Å². The second kappa shape index (κ2) is 7.86. The van der Waals surface area contributed by atoms with Crippen LogP contribution in [-0.4, -0.2) is 43.8 Å². The number of nitrogens with zero attached hydrogens (tertiary/aromatic N) is 4. The van der Waals surface area contributed by atoms with Crippen molar-refractivity contribution in [1.29, 1.82) is 0 Å². The van der Waals surface area contributed by atoms with Crippen LogP contribution >= 0.6 is 0 Å². The Balaban J connectivity index is 1.58.